The number of hydrogen-bond donors (Lipinski definition) is 0. The molecule has 0 aliphatic carbocycles. The summed E-state index contributed by atoms with van der Waals surface area (Å²) in [5.41, 5.74) is 0.752. The summed E-state index contributed by atoms with van der Waals surface area (Å²) < 4.78 is 0. The van der Waals surface area contributed by atoms with E-state index >= 15 is 0 Å². The molecule has 0 bridgehead atoms. The first-order valence-corrected chi connectivity index (χ1v) is 5.44. The maximum Gasteiger partial charge on any atom is 0.137 e. The van der Waals surface area contributed by atoms with Gasteiger partial charge in [0.05, 0.1) is 0 Å². The lowest BCUT2D eigenvalue weighted by Crippen LogP contribution is -2.00. The van der Waals surface area contributed by atoms with Gasteiger partial charge in [0.15, 0.2) is 0 Å². The zero-order valence-electron chi connectivity index (χ0n) is 8.64. The highest BCUT2D eigenvalue weighted by molar-refractivity contribution is 6.34. The topological polar surface area (TPSA) is 25.8 Å². The zero-order chi connectivity index (χ0) is 10.7. The quantitative estimate of drug-likeness (QED) is 0.744. The van der Waals surface area contributed by atoms with Gasteiger partial charge in [-0.1, -0.05) is 37.0 Å². The number of aromatic nitrogens is 2. The lowest BCUT2D eigenvalue weighted by Gasteiger charge is -2.06. The van der Waals surface area contributed by atoms with Gasteiger partial charge in [0.25, 0.3) is 0 Å². The largest absolute Gasteiger partial charge is 0.221 e. The highest BCUT2D eigenvalue weighted by Crippen LogP contribution is 2.20. The van der Waals surface area contributed by atoms with Gasteiger partial charge in [0, 0.05) is 12.0 Å². The van der Waals surface area contributed by atoms with Crippen LogP contribution < -0.4 is 0 Å². The molecule has 0 aliphatic heterocycles. The summed E-state index contributed by atoms with van der Waals surface area (Å²) in [5, 5.41) is 0.924. The molecule has 0 amide bonds. The first-order valence-electron chi connectivity index (χ1n) is 4.69. The monoisotopic (exact) mass is 232 g/mol. The summed E-state index contributed by atoms with van der Waals surface area (Å²) in [6.45, 7) is 6.14. The molecule has 1 aromatic heterocycles. The van der Waals surface area contributed by atoms with E-state index in [1.807, 2.05) is 6.92 Å². The number of aryl methyl sites for hydroxylation is 1. The van der Waals surface area contributed by atoms with Crippen molar-refractivity contribution < 1.29 is 0 Å². The average Bonchev–Trinajstić information content (AvgIpc) is 2.10. The predicted octanol–water partition coefficient (Wildman–Crippen LogP) is 3.68. The minimum atomic E-state index is 0.462. The summed E-state index contributed by atoms with van der Waals surface area (Å²) in [7, 11) is 0. The Morgan fingerprint density at radius 3 is 2.07 bits per heavy atom. The van der Waals surface area contributed by atoms with Crippen LogP contribution in [0.3, 0.4) is 0 Å². The van der Waals surface area contributed by atoms with Gasteiger partial charge in [-0.05, 0) is 19.3 Å². The summed E-state index contributed by atoms with van der Waals surface area (Å²) in [5.74, 6) is 1.37. The van der Waals surface area contributed by atoms with Crippen molar-refractivity contribution in [3.05, 3.63) is 21.7 Å². The van der Waals surface area contributed by atoms with Crippen LogP contribution in [-0.2, 0) is 6.42 Å². The summed E-state index contributed by atoms with van der Waals surface area (Å²) in [4.78, 5) is 8.35. The molecule has 0 fully saturated rings. The molecule has 0 aliphatic rings. The second-order valence-electron chi connectivity index (χ2n) is 3.78. The van der Waals surface area contributed by atoms with Crippen molar-refractivity contribution in [2.24, 2.45) is 5.92 Å². The predicted molar refractivity (Wildman–Crippen MR) is 59.9 cm³/mol. The van der Waals surface area contributed by atoms with Gasteiger partial charge in [-0.3, -0.25) is 0 Å². The molecule has 0 atom stereocenters. The molecule has 0 N–H and O–H groups in total. The van der Waals surface area contributed by atoms with E-state index in [0.29, 0.717) is 16.2 Å². The fraction of sp³-hybridized carbons (Fsp3) is 0.600. The van der Waals surface area contributed by atoms with Crippen LogP contribution >= 0.6 is 23.2 Å². The first kappa shape index (κ1) is 11.7. The van der Waals surface area contributed by atoms with Crippen molar-refractivity contribution in [3.63, 3.8) is 0 Å². The molecular formula is C10H14Cl2N2. The molecule has 0 spiro atoms. The molecule has 1 heterocycles. The third-order valence-electron chi connectivity index (χ3n) is 2.02. The summed E-state index contributed by atoms with van der Waals surface area (Å²) in [6.07, 6.45) is 1.88. The van der Waals surface area contributed by atoms with Crippen molar-refractivity contribution in [3.8, 4) is 0 Å². The highest BCUT2D eigenvalue weighted by Gasteiger charge is 2.07. The lowest BCUT2D eigenvalue weighted by atomic mass is 10.1. The molecule has 0 unspecified atom stereocenters. The Morgan fingerprint density at radius 2 is 1.64 bits per heavy atom. The lowest BCUT2D eigenvalue weighted by molar-refractivity contribution is 0.574. The van der Waals surface area contributed by atoms with E-state index in [2.05, 4.69) is 23.8 Å². The maximum absolute atomic E-state index is 5.90. The smallest absolute Gasteiger partial charge is 0.137 e. The Kier molecular flexibility index (Phi) is 4.14. The molecule has 1 rings (SSSR count). The summed E-state index contributed by atoms with van der Waals surface area (Å²) in [6, 6.07) is 0. The van der Waals surface area contributed by atoms with Gasteiger partial charge in [-0.2, -0.15) is 0 Å². The van der Waals surface area contributed by atoms with Crippen LogP contribution in [0, 0.1) is 12.8 Å². The van der Waals surface area contributed by atoms with Crippen molar-refractivity contribution in [1.82, 2.24) is 9.97 Å². The van der Waals surface area contributed by atoms with Gasteiger partial charge in [0.2, 0.25) is 0 Å². The Balaban J connectivity index is 2.79. The van der Waals surface area contributed by atoms with Gasteiger partial charge < -0.3 is 0 Å². The van der Waals surface area contributed by atoms with Crippen LogP contribution in [0.25, 0.3) is 0 Å². The number of hydrogen-bond acceptors (Lipinski definition) is 2. The van der Waals surface area contributed by atoms with Gasteiger partial charge in [0.1, 0.15) is 16.1 Å². The Morgan fingerprint density at radius 1 is 1.14 bits per heavy atom. The second kappa shape index (κ2) is 4.94. The van der Waals surface area contributed by atoms with Crippen molar-refractivity contribution in [2.75, 3.05) is 0 Å². The van der Waals surface area contributed by atoms with E-state index in [0.717, 1.165) is 24.2 Å². The molecule has 4 heteroatoms. The van der Waals surface area contributed by atoms with E-state index in [9.17, 15) is 0 Å². The van der Waals surface area contributed by atoms with Gasteiger partial charge >= 0.3 is 0 Å². The molecule has 2 nitrogen and oxygen atoms in total. The fourth-order valence-corrected chi connectivity index (χ4v) is 1.46. The molecule has 0 radical (unpaired) electrons. The van der Waals surface area contributed by atoms with Gasteiger partial charge in [-0.15, -0.1) is 0 Å². The third-order valence-corrected chi connectivity index (χ3v) is 2.75. The highest BCUT2D eigenvalue weighted by atomic mass is 35.5. The second-order valence-corrected chi connectivity index (χ2v) is 4.50. The normalized spacial score (nSPS) is 11.0. The molecule has 78 valence electrons. The van der Waals surface area contributed by atoms with E-state index in [1.165, 1.54) is 0 Å². The summed E-state index contributed by atoms with van der Waals surface area (Å²) >= 11 is 11.8. The molecular weight excluding hydrogens is 219 g/mol. The van der Waals surface area contributed by atoms with E-state index in [-0.39, 0.29) is 0 Å². The van der Waals surface area contributed by atoms with E-state index < -0.39 is 0 Å². The molecule has 0 saturated heterocycles. The number of nitrogens with zero attached hydrogens (tertiary/aromatic N) is 2. The van der Waals surface area contributed by atoms with Crippen molar-refractivity contribution in [1.29, 1.82) is 0 Å². The minimum absolute atomic E-state index is 0.462. The van der Waals surface area contributed by atoms with Crippen LogP contribution in [0.2, 0.25) is 10.3 Å². The van der Waals surface area contributed by atoms with Gasteiger partial charge in [-0.25, -0.2) is 9.97 Å². The average molecular weight is 233 g/mol. The SMILES string of the molecule is Cc1c(Cl)nc(CCC(C)C)nc1Cl. The molecule has 0 aromatic carbocycles. The maximum atomic E-state index is 5.90. The van der Waals surface area contributed by atoms with Crippen LogP contribution in [0.5, 0.6) is 0 Å². The number of rotatable bonds is 3. The Labute approximate surface area is 94.7 Å². The standard InChI is InChI=1S/C10H14Cl2N2/c1-6(2)4-5-8-13-9(11)7(3)10(12)14-8/h6H,4-5H2,1-3H3. The van der Waals surface area contributed by atoms with Crippen LogP contribution in [0.1, 0.15) is 31.7 Å². The van der Waals surface area contributed by atoms with Crippen LogP contribution in [0.15, 0.2) is 0 Å². The van der Waals surface area contributed by atoms with Crippen molar-refractivity contribution >= 4 is 23.2 Å². The van der Waals surface area contributed by atoms with Crippen LogP contribution in [0.4, 0.5) is 0 Å². The molecule has 0 saturated carbocycles. The zero-order valence-corrected chi connectivity index (χ0v) is 10.2. The Hall–Kier alpha value is -0.340. The molecule has 1 aromatic rings. The minimum Gasteiger partial charge on any atom is -0.221 e. The molecule has 14 heavy (non-hydrogen) atoms. The van der Waals surface area contributed by atoms with E-state index in [4.69, 9.17) is 23.2 Å². The van der Waals surface area contributed by atoms with Crippen LogP contribution in [-0.4, -0.2) is 9.97 Å². The Bertz CT molecular complexity index is 301. The fourth-order valence-electron chi connectivity index (χ4n) is 1.03. The first-order chi connectivity index (χ1) is 6.50. The third kappa shape index (κ3) is 3.10. The number of halogens is 2. The van der Waals surface area contributed by atoms with E-state index in [1.54, 1.807) is 0 Å². The van der Waals surface area contributed by atoms with Crippen molar-refractivity contribution in [2.45, 2.75) is 33.6 Å².